The van der Waals surface area contributed by atoms with E-state index in [1.165, 1.54) is 5.56 Å². The molecule has 0 spiro atoms. The van der Waals surface area contributed by atoms with Crippen molar-refractivity contribution in [1.29, 1.82) is 0 Å². The van der Waals surface area contributed by atoms with Crippen molar-refractivity contribution in [2.24, 2.45) is 0 Å². The van der Waals surface area contributed by atoms with Crippen molar-refractivity contribution < 1.29 is 14.3 Å². The van der Waals surface area contributed by atoms with Crippen molar-refractivity contribution in [1.82, 2.24) is 15.5 Å². The maximum absolute atomic E-state index is 11.6. The molecule has 128 valence electrons. The van der Waals surface area contributed by atoms with E-state index >= 15 is 0 Å². The van der Waals surface area contributed by atoms with Crippen molar-refractivity contribution in [2.75, 3.05) is 40.0 Å². The number of nitrogens with zero attached hydrogens (tertiary/aromatic N) is 1. The Kier molecular flexibility index (Phi) is 7.32. The Morgan fingerprint density at radius 2 is 2.22 bits per heavy atom. The predicted octanol–water partition coefficient (Wildman–Crippen LogP) is 1.35. The Bertz CT molecular complexity index is 496. The first-order valence-electron chi connectivity index (χ1n) is 8.10. The Balaban J connectivity index is 1.78. The maximum atomic E-state index is 11.6. The molecule has 1 fully saturated rings. The number of nitrogens with one attached hydrogen (secondary N) is 2. The SMILES string of the molecule is COCCNC(=O)NCc1cccc(CN2CCOC(C)C2)c1. The van der Waals surface area contributed by atoms with Crippen LogP contribution in [-0.4, -0.2) is 57.0 Å². The molecule has 1 aromatic carbocycles. The lowest BCUT2D eigenvalue weighted by atomic mass is 10.1. The predicted molar refractivity (Wildman–Crippen MR) is 89.2 cm³/mol. The van der Waals surface area contributed by atoms with Crippen LogP contribution in [0.1, 0.15) is 18.1 Å². The second-order valence-corrected chi connectivity index (χ2v) is 5.84. The molecule has 23 heavy (non-hydrogen) atoms. The van der Waals surface area contributed by atoms with Gasteiger partial charge in [0, 0.05) is 39.8 Å². The molecule has 2 amide bonds. The molecule has 1 unspecified atom stereocenters. The first-order chi connectivity index (χ1) is 11.2. The van der Waals surface area contributed by atoms with Crippen LogP contribution in [0.2, 0.25) is 0 Å². The van der Waals surface area contributed by atoms with E-state index in [1.54, 1.807) is 7.11 Å². The van der Waals surface area contributed by atoms with Crippen LogP contribution in [0.15, 0.2) is 24.3 Å². The Labute approximate surface area is 138 Å². The zero-order chi connectivity index (χ0) is 16.5. The number of urea groups is 1. The fourth-order valence-electron chi connectivity index (χ4n) is 2.64. The summed E-state index contributed by atoms with van der Waals surface area (Å²) in [7, 11) is 1.61. The number of hydrogen-bond donors (Lipinski definition) is 2. The highest BCUT2D eigenvalue weighted by Gasteiger charge is 2.16. The summed E-state index contributed by atoms with van der Waals surface area (Å²) in [5.74, 6) is 0. The standard InChI is InChI=1S/C17H27N3O3/c1-14-12-20(7-9-23-14)13-16-5-3-4-15(10-16)11-19-17(21)18-6-8-22-2/h3-5,10,14H,6-9,11-13H2,1-2H3,(H2,18,19,21). The first-order valence-corrected chi connectivity index (χ1v) is 8.10. The number of carbonyl (C=O) groups is 1. The monoisotopic (exact) mass is 321 g/mol. The van der Waals surface area contributed by atoms with Gasteiger partial charge in [-0.25, -0.2) is 4.79 Å². The van der Waals surface area contributed by atoms with Crippen LogP contribution in [0, 0.1) is 0 Å². The normalized spacial score (nSPS) is 18.6. The Morgan fingerprint density at radius 1 is 1.39 bits per heavy atom. The van der Waals surface area contributed by atoms with E-state index in [4.69, 9.17) is 9.47 Å². The lowest BCUT2D eigenvalue weighted by molar-refractivity contribution is -0.0212. The van der Waals surface area contributed by atoms with Gasteiger partial charge in [-0.1, -0.05) is 24.3 Å². The molecule has 0 radical (unpaired) electrons. The summed E-state index contributed by atoms with van der Waals surface area (Å²) in [6, 6.07) is 8.17. The number of benzene rings is 1. The number of ether oxygens (including phenoxy) is 2. The summed E-state index contributed by atoms with van der Waals surface area (Å²) in [6.07, 6.45) is 0.296. The second kappa shape index (κ2) is 9.50. The van der Waals surface area contributed by atoms with E-state index in [0.717, 1.165) is 31.8 Å². The molecule has 6 nitrogen and oxygen atoms in total. The molecule has 0 saturated carbocycles. The molecular formula is C17H27N3O3. The van der Waals surface area contributed by atoms with Gasteiger partial charge in [0.25, 0.3) is 0 Å². The molecule has 1 aromatic rings. The van der Waals surface area contributed by atoms with E-state index in [1.807, 2.05) is 12.1 Å². The number of carbonyl (C=O) groups excluding carboxylic acids is 1. The van der Waals surface area contributed by atoms with Crippen LogP contribution in [0.3, 0.4) is 0 Å². The Morgan fingerprint density at radius 3 is 3.00 bits per heavy atom. The van der Waals surface area contributed by atoms with Crippen LogP contribution in [0.25, 0.3) is 0 Å². The number of amides is 2. The summed E-state index contributed by atoms with van der Waals surface area (Å²) in [5.41, 5.74) is 2.36. The van der Waals surface area contributed by atoms with Gasteiger partial charge in [0.05, 0.1) is 19.3 Å². The van der Waals surface area contributed by atoms with Crippen molar-refractivity contribution in [2.45, 2.75) is 26.1 Å². The van der Waals surface area contributed by atoms with E-state index in [0.29, 0.717) is 25.8 Å². The average Bonchev–Trinajstić information content (AvgIpc) is 2.54. The number of rotatable bonds is 7. The van der Waals surface area contributed by atoms with Gasteiger partial charge in [-0.3, -0.25) is 4.90 Å². The minimum atomic E-state index is -0.172. The summed E-state index contributed by atoms with van der Waals surface area (Å²) < 4.78 is 10.5. The fraction of sp³-hybridized carbons (Fsp3) is 0.588. The largest absolute Gasteiger partial charge is 0.383 e. The molecule has 0 aromatic heterocycles. The number of methoxy groups -OCH3 is 1. The summed E-state index contributed by atoms with van der Waals surface area (Å²) in [4.78, 5) is 14.0. The molecule has 0 aliphatic carbocycles. The van der Waals surface area contributed by atoms with Gasteiger partial charge in [0.15, 0.2) is 0 Å². The van der Waals surface area contributed by atoms with Crippen LogP contribution < -0.4 is 10.6 Å². The number of hydrogen-bond acceptors (Lipinski definition) is 4. The summed E-state index contributed by atoms with van der Waals surface area (Å²) in [6.45, 7) is 7.30. The zero-order valence-corrected chi connectivity index (χ0v) is 14.0. The fourth-order valence-corrected chi connectivity index (χ4v) is 2.64. The van der Waals surface area contributed by atoms with Crippen molar-refractivity contribution in [3.8, 4) is 0 Å². The average molecular weight is 321 g/mol. The van der Waals surface area contributed by atoms with Gasteiger partial charge < -0.3 is 20.1 Å². The third-order valence-electron chi connectivity index (χ3n) is 3.77. The molecule has 1 atom stereocenters. The molecule has 2 rings (SSSR count). The molecule has 1 heterocycles. The summed E-state index contributed by atoms with van der Waals surface area (Å²) in [5, 5.41) is 5.60. The minimum absolute atomic E-state index is 0.172. The van der Waals surface area contributed by atoms with Gasteiger partial charge in [0.2, 0.25) is 0 Å². The van der Waals surface area contributed by atoms with Gasteiger partial charge in [-0.15, -0.1) is 0 Å². The zero-order valence-electron chi connectivity index (χ0n) is 14.0. The third kappa shape index (κ3) is 6.56. The topological polar surface area (TPSA) is 62.8 Å². The maximum Gasteiger partial charge on any atom is 0.315 e. The highest BCUT2D eigenvalue weighted by Crippen LogP contribution is 2.12. The van der Waals surface area contributed by atoms with Crippen molar-refractivity contribution >= 4 is 6.03 Å². The van der Waals surface area contributed by atoms with Crippen LogP contribution in [-0.2, 0) is 22.6 Å². The molecular weight excluding hydrogens is 294 g/mol. The highest BCUT2D eigenvalue weighted by molar-refractivity contribution is 5.73. The second-order valence-electron chi connectivity index (χ2n) is 5.84. The van der Waals surface area contributed by atoms with E-state index in [2.05, 4.69) is 34.6 Å². The highest BCUT2D eigenvalue weighted by atomic mass is 16.5. The minimum Gasteiger partial charge on any atom is -0.383 e. The van der Waals surface area contributed by atoms with Gasteiger partial charge in [0.1, 0.15) is 0 Å². The number of morpholine rings is 1. The van der Waals surface area contributed by atoms with Gasteiger partial charge in [-0.05, 0) is 18.1 Å². The van der Waals surface area contributed by atoms with Crippen molar-refractivity contribution in [3.63, 3.8) is 0 Å². The Hall–Kier alpha value is -1.63. The van der Waals surface area contributed by atoms with E-state index < -0.39 is 0 Å². The molecule has 1 aliphatic rings. The quantitative estimate of drug-likeness (QED) is 0.744. The molecule has 2 N–H and O–H groups in total. The lowest BCUT2D eigenvalue weighted by Gasteiger charge is -2.31. The van der Waals surface area contributed by atoms with E-state index in [9.17, 15) is 4.79 Å². The molecule has 1 aliphatic heterocycles. The van der Waals surface area contributed by atoms with Gasteiger partial charge >= 0.3 is 6.03 Å². The molecule has 1 saturated heterocycles. The van der Waals surface area contributed by atoms with E-state index in [-0.39, 0.29) is 6.03 Å². The molecule has 6 heteroatoms. The lowest BCUT2D eigenvalue weighted by Crippen LogP contribution is -2.40. The smallest absolute Gasteiger partial charge is 0.315 e. The van der Waals surface area contributed by atoms with Gasteiger partial charge in [-0.2, -0.15) is 0 Å². The molecule has 0 bridgehead atoms. The van der Waals surface area contributed by atoms with Crippen molar-refractivity contribution in [3.05, 3.63) is 35.4 Å². The van der Waals surface area contributed by atoms with Crippen LogP contribution in [0.5, 0.6) is 0 Å². The third-order valence-corrected chi connectivity index (χ3v) is 3.77. The van der Waals surface area contributed by atoms with Crippen LogP contribution in [0.4, 0.5) is 4.79 Å². The van der Waals surface area contributed by atoms with Crippen LogP contribution >= 0.6 is 0 Å². The summed E-state index contributed by atoms with van der Waals surface area (Å²) >= 11 is 0. The first kappa shape index (κ1) is 17.7.